The van der Waals surface area contributed by atoms with Crippen LogP contribution in [0.25, 0.3) is 21.5 Å². The first-order chi connectivity index (χ1) is 39.3. The predicted molar refractivity (Wildman–Crippen MR) is 304 cm³/mol. The highest BCUT2D eigenvalue weighted by atomic mass is 32.2. The van der Waals surface area contributed by atoms with E-state index in [2.05, 4.69) is 51.5 Å². The molecule has 0 aliphatic heterocycles. The number of aryl methyl sites for hydroxylation is 4. The van der Waals surface area contributed by atoms with Crippen LogP contribution in [0.2, 0.25) is 0 Å². The molecule has 31 heteroatoms. The van der Waals surface area contributed by atoms with Gasteiger partial charge in [0, 0.05) is 34.1 Å². The Balaban J connectivity index is 0.945. The Morgan fingerprint density at radius 1 is 0.429 bits per heavy atom. The second kappa shape index (κ2) is 23.8. The number of carboxylic acids is 1. The Morgan fingerprint density at radius 2 is 0.917 bits per heavy atom. The fourth-order valence-electron chi connectivity index (χ4n) is 8.10. The lowest BCUT2D eigenvalue weighted by Gasteiger charge is -2.12. The molecule has 0 radical (unpaired) electrons. The summed E-state index contributed by atoms with van der Waals surface area (Å²) in [6, 6.07) is 26.6. The maximum absolute atomic E-state index is 13.1. The van der Waals surface area contributed by atoms with Crippen LogP contribution in [-0.4, -0.2) is 79.9 Å². The molecule has 0 aromatic heterocycles. The summed E-state index contributed by atoms with van der Waals surface area (Å²) in [4.78, 5) is 32.1. The number of carbonyl (C=O) groups is 3. The highest BCUT2D eigenvalue weighted by molar-refractivity contribution is 7.87. The summed E-state index contributed by atoms with van der Waals surface area (Å²) in [5.74, 6) is -2.86. The van der Waals surface area contributed by atoms with Gasteiger partial charge in [-0.2, -0.15) is 64.4 Å². The monoisotopic (exact) mass is 1220 g/mol. The average molecular weight is 1220 g/mol. The summed E-state index contributed by atoms with van der Waals surface area (Å²) in [6.45, 7) is 6.79. The zero-order valence-corrected chi connectivity index (χ0v) is 47.1. The minimum atomic E-state index is -5.16. The lowest BCUT2D eigenvalue weighted by Crippen LogP contribution is -2.14. The van der Waals surface area contributed by atoms with Crippen LogP contribution in [-0.2, 0) is 50.1 Å². The smallest absolute Gasteiger partial charge is 0.303 e. The first kappa shape index (κ1) is 60.6. The van der Waals surface area contributed by atoms with Crippen LogP contribution in [0.3, 0.4) is 0 Å². The van der Waals surface area contributed by atoms with Crippen molar-refractivity contribution in [1.82, 2.24) is 0 Å². The fourth-order valence-corrected chi connectivity index (χ4v) is 10.8. The van der Waals surface area contributed by atoms with Gasteiger partial charge in [0.1, 0.15) is 26.1 Å². The molecule has 432 valence electrons. The molecule has 8 aromatic rings. The molecule has 0 aliphatic rings. The Morgan fingerprint density at radius 3 is 1.45 bits per heavy atom. The van der Waals surface area contributed by atoms with Crippen molar-refractivity contribution in [2.24, 2.45) is 40.9 Å². The Bertz CT molecular complexity index is 4690. The number of carbonyl (C=O) groups excluding carboxylic acids is 2. The molecule has 8 rings (SSSR count). The molecule has 0 unspecified atom stereocenters. The SMILES string of the molecule is Cc1cc(N=Nc2cc(C)c(N=Nc3c(S(=O)(=O)O)cc4cc(NC(=O)c5ccc(NC(=O)CCC(=O)O)cc5)ccc4c3O)cc2C)ccc1N=Nc1ccc(N=Nc2cc3c(S(=O)(=O)O)cc(S(=O)(=O)O)cc3cc2S(=O)(=O)O)c(C)c1. The molecule has 8 aromatic carbocycles. The zero-order valence-electron chi connectivity index (χ0n) is 43.8. The summed E-state index contributed by atoms with van der Waals surface area (Å²) in [5, 5.41) is 58.3. The van der Waals surface area contributed by atoms with Gasteiger partial charge in [0.15, 0.2) is 5.75 Å². The number of anilines is 2. The van der Waals surface area contributed by atoms with Crippen LogP contribution < -0.4 is 10.6 Å². The van der Waals surface area contributed by atoms with E-state index in [-0.39, 0.29) is 46.2 Å². The molecule has 8 N–H and O–H groups in total. The molecular weight excluding hydrogens is 1180 g/mol. The number of hydrogen-bond donors (Lipinski definition) is 8. The summed E-state index contributed by atoms with van der Waals surface area (Å²) < 4.78 is 138. The lowest BCUT2D eigenvalue weighted by atomic mass is 10.1. The van der Waals surface area contributed by atoms with E-state index in [1.807, 2.05) is 0 Å². The molecule has 0 spiro atoms. The molecule has 0 heterocycles. The molecule has 84 heavy (non-hydrogen) atoms. The van der Waals surface area contributed by atoms with E-state index in [0.29, 0.717) is 62.8 Å². The van der Waals surface area contributed by atoms with Crippen molar-refractivity contribution in [3.05, 3.63) is 149 Å². The number of benzene rings is 8. The number of rotatable bonds is 18. The van der Waals surface area contributed by atoms with Gasteiger partial charge in [-0.3, -0.25) is 32.6 Å². The zero-order chi connectivity index (χ0) is 61.2. The van der Waals surface area contributed by atoms with Gasteiger partial charge < -0.3 is 20.8 Å². The normalized spacial score (nSPS) is 12.6. The van der Waals surface area contributed by atoms with E-state index < -0.39 is 106 Å². The number of aliphatic carboxylic acids is 1. The fraction of sp³-hybridized carbons (Fsp3) is 0.113. The number of nitrogens with zero attached hydrogens (tertiary/aromatic N) is 8. The molecule has 0 saturated heterocycles. The average Bonchev–Trinajstić information content (AvgIpc) is 1.21. The number of azo groups is 4. The van der Waals surface area contributed by atoms with E-state index in [4.69, 9.17) is 5.11 Å². The van der Waals surface area contributed by atoms with Gasteiger partial charge in [-0.1, -0.05) is 0 Å². The van der Waals surface area contributed by atoms with Crippen molar-refractivity contribution in [3.8, 4) is 5.75 Å². The molecule has 0 bridgehead atoms. The molecule has 0 fully saturated rings. The van der Waals surface area contributed by atoms with E-state index in [1.165, 1.54) is 54.6 Å². The van der Waals surface area contributed by atoms with Gasteiger partial charge in [-0.05, 0) is 182 Å². The van der Waals surface area contributed by atoms with Crippen LogP contribution in [0.1, 0.15) is 45.5 Å². The highest BCUT2D eigenvalue weighted by Gasteiger charge is 2.26. The summed E-state index contributed by atoms with van der Waals surface area (Å²) in [5.41, 5.74) is 3.93. The lowest BCUT2D eigenvalue weighted by molar-refractivity contribution is -0.138. The quantitative estimate of drug-likeness (QED) is 0.0292. The number of fused-ring (bicyclic) bond motifs is 2. The third-order valence-corrected chi connectivity index (χ3v) is 15.8. The minimum Gasteiger partial charge on any atom is -0.505 e. The molecule has 2 amide bonds. The van der Waals surface area contributed by atoms with Crippen molar-refractivity contribution < 1.29 is 76.5 Å². The molecule has 0 atom stereocenters. The summed E-state index contributed by atoms with van der Waals surface area (Å²) in [6.07, 6.45) is -0.585. The van der Waals surface area contributed by atoms with Crippen LogP contribution in [0.5, 0.6) is 5.75 Å². The predicted octanol–water partition coefficient (Wildman–Crippen LogP) is 12.6. The van der Waals surface area contributed by atoms with E-state index in [9.17, 15) is 71.4 Å². The second-order valence-corrected chi connectivity index (χ2v) is 24.1. The van der Waals surface area contributed by atoms with Crippen LogP contribution in [0.15, 0.2) is 182 Å². The van der Waals surface area contributed by atoms with Crippen molar-refractivity contribution >= 4 is 137 Å². The Hall–Kier alpha value is -9.47. The number of hydrogen-bond acceptors (Lipinski definition) is 20. The first-order valence-corrected chi connectivity index (χ1v) is 29.8. The third-order valence-electron chi connectivity index (χ3n) is 12.3. The number of phenolic OH excluding ortho intramolecular Hbond substituents is 1. The highest BCUT2D eigenvalue weighted by Crippen LogP contribution is 2.43. The van der Waals surface area contributed by atoms with Crippen molar-refractivity contribution in [3.63, 3.8) is 0 Å². The maximum atomic E-state index is 13.1. The first-order valence-electron chi connectivity index (χ1n) is 24.1. The van der Waals surface area contributed by atoms with Crippen LogP contribution in [0, 0.1) is 27.7 Å². The number of carboxylic acid groups (broad SMARTS) is 1. The van der Waals surface area contributed by atoms with Gasteiger partial charge in [-0.15, -0.1) is 10.2 Å². The topological polar surface area (TPSA) is 432 Å². The molecule has 0 saturated carbocycles. The van der Waals surface area contributed by atoms with Gasteiger partial charge in [0.05, 0.1) is 45.4 Å². The largest absolute Gasteiger partial charge is 0.505 e. The number of aromatic hydroxyl groups is 1. The van der Waals surface area contributed by atoms with E-state index in [0.717, 1.165) is 18.2 Å². The Kier molecular flexibility index (Phi) is 17.2. The van der Waals surface area contributed by atoms with Crippen LogP contribution in [0.4, 0.5) is 56.9 Å². The van der Waals surface area contributed by atoms with Gasteiger partial charge >= 0.3 is 5.97 Å². The standard InChI is InChI=1S/C53H44N10O17S4/c1-27-17-37(10-13-41(27)58-56-36-11-14-42(28(2)18-36)59-62-45-26-40-33(23-47(45)83(75,76)77)22-38(81(69,70)71)25-46(40)82(72,73)74)57-60-43-19-30(4)44(20-29(43)3)61-63-51-48(84(78,79)80)24-32-21-35(9-12-39(32)52(51)67)55-53(68)31-5-7-34(8-6-31)54-49(64)15-16-50(65)66/h5-14,17-26,67H,15-16H2,1-4H3,(H,54,64)(H,55,68)(H,65,66)(H,69,70,71)(H,72,73,74)(H,75,76,77)(H,78,79,80). The third kappa shape index (κ3) is 14.4. The van der Waals surface area contributed by atoms with Crippen molar-refractivity contribution in [1.29, 1.82) is 0 Å². The van der Waals surface area contributed by atoms with Gasteiger partial charge in [0.25, 0.3) is 46.4 Å². The van der Waals surface area contributed by atoms with Gasteiger partial charge in [0.2, 0.25) is 5.91 Å². The van der Waals surface area contributed by atoms with E-state index in [1.54, 1.807) is 64.1 Å². The minimum absolute atomic E-state index is 0.108. The number of phenols is 1. The molecule has 0 aliphatic carbocycles. The van der Waals surface area contributed by atoms with Gasteiger partial charge in [-0.25, -0.2) is 0 Å². The van der Waals surface area contributed by atoms with E-state index >= 15 is 0 Å². The Labute approximate surface area is 477 Å². The molecule has 27 nitrogen and oxygen atoms in total. The van der Waals surface area contributed by atoms with Crippen molar-refractivity contribution in [2.45, 2.75) is 60.1 Å². The van der Waals surface area contributed by atoms with Crippen molar-refractivity contribution in [2.75, 3.05) is 10.6 Å². The maximum Gasteiger partial charge on any atom is 0.303 e. The van der Waals surface area contributed by atoms with Crippen LogP contribution >= 0.6 is 0 Å². The number of amides is 2. The summed E-state index contributed by atoms with van der Waals surface area (Å²) in [7, 11) is -20.3. The molecular formula is C53H44N10O17S4. The second-order valence-electron chi connectivity index (χ2n) is 18.5. The number of nitrogens with one attached hydrogen (secondary N) is 2. The summed E-state index contributed by atoms with van der Waals surface area (Å²) >= 11 is 0.